The van der Waals surface area contributed by atoms with Gasteiger partial charge in [-0.1, -0.05) is 78.9 Å². The first-order valence-corrected chi connectivity index (χ1v) is 12.4. The summed E-state index contributed by atoms with van der Waals surface area (Å²) in [4.78, 5) is -0.0576. The van der Waals surface area contributed by atoms with Crippen molar-refractivity contribution in [2.24, 2.45) is 0 Å². The highest BCUT2D eigenvalue weighted by Gasteiger charge is 2.25. The zero-order valence-corrected chi connectivity index (χ0v) is 18.0. The molecule has 1 N–H and O–H groups in total. The maximum absolute atomic E-state index is 13.1. The first-order chi connectivity index (χ1) is 14.9. The number of nitrogens with zero attached hydrogens (tertiary/aromatic N) is 1. The summed E-state index contributed by atoms with van der Waals surface area (Å²) in [5.74, 6) is 0. The lowest BCUT2D eigenvalue weighted by Crippen LogP contribution is -2.29. The summed E-state index contributed by atoms with van der Waals surface area (Å²) in [6.07, 6.45) is 2.34. The van der Waals surface area contributed by atoms with Crippen LogP contribution in [0.5, 0.6) is 0 Å². The average molecular weight is 453 g/mol. The fourth-order valence-corrected chi connectivity index (χ4v) is 5.72. The van der Waals surface area contributed by atoms with Gasteiger partial charge in [0.1, 0.15) is 4.90 Å². The third-order valence-corrected chi connectivity index (χ3v) is 7.87. The zero-order valence-electron chi connectivity index (χ0n) is 16.4. The normalized spacial score (nSPS) is 12.2. The molecular formula is C23H20N2O4S2. The molecule has 0 fully saturated rings. The van der Waals surface area contributed by atoms with Crippen molar-refractivity contribution >= 4 is 20.0 Å². The smallest absolute Gasteiger partial charge is 0.248 e. The van der Waals surface area contributed by atoms with Crippen molar-refractivity contribution in [3.63, 3.8) is 0 Å². The van der Waals surface area contributed by atoms with Gasteiger partial charge in [0.25, 0.3) is 10.0 Å². The van der Waals surface area contributed by atoms with Gasteiger partial charge in [0.15, 0.2) is 0 Å². The van der Waals surface area contributed by atoms with Crippen LogP contribution in [-0.4, -0.2) is 20.8 Å². The van der Waals surface area contributed by atoms with Crippen molar-refractivity contribution < 1.29 is 16.8 Å². The molecule has 0 radical (unpaired) electrons. The standard InChI is InChI=1S/C23H20N2O4S2/c26-30(27,22-16-17-25(18-22)31(28,29)21-14-8-3-9-15-21)24-23(19-10-4-1-5-11-19)20-12-6-2-7-13-20/h1-18,23-24H. The summed E-state index contributed by atoms with van der Waals surface area (Å²) < 4.78 is 55.5. The molecule has 6 nitrogen and oxygen atoms in total. The lowest BCUT2D eigenvalue weighted by atomic mass is 10.00. The Kier molecular flexibility index (Phi) is 5.77. The quantitative estimate of drug-likeness (QED) is 0.462. The fraction of sp³-hybridized carbons (Fsp3) is 0.0435. The van der Waals surface area contributed by atoms with E-state index >= 15 is 0 Å². The summed E-state index contributed by atoms with van der Waals surface area (Å²) in [6, 6.07) is 26.9. The van der Waals surface area contributed by atoms with Crippen molar-refractivity contribution in [3.8, 4) is 0 Å². The summed E-state index contributed by atoms with van der Waals surface area (Å²) in [5.41, 5.74) is 1.54. The number of benzene rings is 3. The average Bonchev–Trinajstić information content (AvgIpc) is 3.32. The highest BCUT2D eigenvalue weighted by Crippen LogP contribution is 2.25. The van der Waals surface area contributed by atoms with Crippen LogP contribution in [0, 0.1) is 0 Å². The van der Waals surface area contributed by atoms with Crippen molar-refractivity contribution in [2.75, 3.05) is 0 Å². The molecule has 0 aliphatic rings. The first kappa shape index (κ1) is 21.0. The SMILES string of the molecule is O=S(=O)(NC(c1ccccc1)c1ccccc1)c1ccn(S(=O)(=O)c2ccccc2)c1. The number of hydrogen-bond donors (Lipinski definition) is 1. The Morgan fingerprint density at radius 2 is 1.10 bits per heavy atom. The third-order valence-electron chi connectivity index (χ3n) is 4.81. The summed E-state index contributed by atoms with van der Waals surface area (Å²) in [6.45, 7) is 0. The minimum atomic E-state index is -4.01. The summed E-state index contributed by atoms with van der Waals surface area (Å²) in [5, 5.41) is 0. The van der Waals surface area contributed by atoms with E-state index in [1.165, 1.54) is 24.4 Å². The molecule has 3 aromatic carbocycles. The van der Waals surface area contributed by atoms with Gasteiger partial charge in [0.05, 0.1) is 10.9 Å². The number of hydrogen-bond acceptors (Lipinski definition) is 4. The molecule has 158 valence electrons. The predicted octanol–water partition coefficient (Wildman–Crippen LogP) is 3.79. The second-order valence-electron chi connectivity index (χ2n) is 6.87. The van der Waals surface area contributed by atoms with Gasteiger partial charge in [-0.25, -0.2) is 20.8 Å². The summed E-state index contributed by atoms with van der Waals surface area (Å²) in [7, 11) is -7.90. The van der Waals surface area contributed by atoms with Crippen LogP contribution >= 0.6 is 0 Å². The monoisotopic (exact) mass is 452 g/mol. The third kappa shape index (κ3) is 4.46. The Bertz CT molecular complexity index is 1330. The van der Waals surface area contributed by atoms with Crippen molar-refractivity contribution in [3.05, 3.63) is 121 Å². The van der Waals surface area contributed by atoms with Crippen LogP contribution in [0.4, 0.5) is 0 Å². The fourth-order valence-electron chi connectivity index (χ4n) is 3.22. The van der Waals surface area contributed by atoms with E-state index < -0.39 is 26.1 Å². The van der Waals surface area contributed by atoms with Crippen LogP contribution < -0.4 is 4.72 Å². The van der Waals surface area contributed by atoms with Gasteiger partial charge < -0.3 is 0 Å². The second kappa shape index (κ2) is 8.50. The molecule has 0 bridgehead atoms. The van der Waals surface area contributed by atoms with E-state index in [1.807, 2.05) is 60.7 Å². The molecule has 1 aromatic heterocycles. The van der Waals surface area contributed by atoms with Crippen LogP contribution in [-0.2, 0) is 20.0 Å². The van der Waals surface area contributed by atoms with E-state index in [4.69, 9.17) is 0 Å². The molecule has 0 saturated heterocycles. The molecule has 0 amide bonds. The summed E-state index contributed by atoms with van der Waals surface area (Å²) >= 11 is 0. The molecule has 1 heterocycles. The van der Waals surface area contributed by atoms with E-state index in [0.717, 1.165) is 21.3 Å². The maximum atomic E-state index is 13.1. The number of sulfonamides is 1. The first-order valence-electron chi connectivity index (χ1n) is 9.49. The van der Waals surface area contributed by atoms with Crippen LogP contribution in [0.1, 0.15) is 17.2 Å². The van der Waals surface area contributed by atoms with Crippen LogP contribution in [0.15, 0.2) is 119 Å². The van der Waals surface area contributed by atoms with E-state index in [1.54, 1.807) is 18.2 Å². The minimum absolute atomic E-state index is 0.0777. The number of aromatic nitrogens is 1. The van der Waals surface area contributed by atoms with Crippen molar-refractivity contribution in [1.29, 1.82) is 0 Å². The molecule has 8 heteroatoms. The van der Waals surface area contributed by atoms with E-state index in [0.29, 0.717) is 0 Å². The van der Waals surface area contributed by atoms with Crippen molar-refractivity contribution in [1.82, 2.24) is 8.69 Å². The van der Waals surface area contributed by atoms with Crippen LogP contribution in [0.2, 0.25) is 0 Å². The van der Waals surface area contributed by atoms with E-state index in [2.05, 4.69) is 4.72 Å². The Morgan fingerprint density at radius 3 is 1.61 bits per heavy atom. The minimum Gasteiger partial charge on any atom is -0.248 e. The molecule has 0 unspecified atom stereocenters. The largest absolute Gasteiger partial charge is 0.267 e. The van der Waals surface area contributed by atoms with Gasteiger partial charge >= 0.3 is 0 Å². The molecule has 4 aromatic rings. The number of nitrogens with one attached hydrogen (secondary N) is 1. The Hall–Kier alpha value is -3.20. The van der Waals surface area contributed by atoms with Crippen molar-refractivity contribution in [2.45, 2.75) is 15.8 Å². The van der Waals surface area contributed by atoms with E-state index in [-0.39, 0.29) is 9.79 Å². The molecule has 31 heavy (non-hydrogen) atoms. The van der Waals surface area contributed by atoms with Gasteiger partial charge in [-0.05, 0) is 29.3 Å². The molecular weight excluding hydrogens is 432 g/mol. The number of rotatable bonds is 7. The molecule has 4 rings (SSSR count). The Morgan fingerprint density at radius 1 is 0.613 bits per heavy atom. The molecule has 0 aliphatic heterocycles. The lowest BCUT2D eigenvalue weighted by molar-refractivity contribution is 0.572. The van der Waals surface area contributed by atoms with Crippen LogP contribution in [0.25, 0.3) is 0 Å². The predicted molar refractivity (Wildman–Crippen MR) is 119 cm³/mol. The molecule has 0 spiro atoms. The highest BCUT2D eigenvalue weighted by atomic mass is 32.2. The lowest BCUT2D eigenvalue weighted by Gasteiger charge is -2.19. The topological polar surface area (TPSA) is 85.2 Å². The Labute approximate surface area is 181 Å². The highest BCUT2D eigenvalue weighted by molar-refractivity contribution is 7.90. The maximum Gasteiger partial charge on any atom is 0.267 e. The van der Waals surface area contributed by atoms with Gasteiger partial charge in [0.2, 0.25) is 10.0 Å². The van der Waals surface area contributed by atoms with Gasteiger partial charge in [-0.15, -0.1) is 0 Å². The molecule has 0 atom stereocenters. The van der Waals surface area contributed by atoms with Gasteiger partial charge in [-0.3, -0.25) is 0 Å². The Balaban J connectivity index is 1.69. The van der Waals surface area contributed by atoms with Gasteiger partial charge in [-0.2, -0.15) is 4.72 Å². The van der Waals surface area contributed by atoms with Crippen LogP contribution in [0.3, 0.4) is 0 Å². The molecule has 0 aliphatic carbocycles. The second-order valence-corrected chi connectivity index (χ2v) is 10.4. The molecule has 0 saturated carbocycles. The van der Waals surface area contributed by atoms with E-state index in [9.17, 15) is 16.8 Å². The zero-order chi connectivity index (χ0) is 21.9. The van der Waals surface area contributed by atoms with Gasteiger partial charge in [0, 0.05) is 12.4 Å².